The zero-order chi connectivity index (χ0) is 16.0. The number of amidine groups is 1. The molecule has 0 aliphatic carbocycles. The van der Waals surface area contributed by atoms with Crippen LogP contribution in [0.1, 0.15) is 5.56 Å². The molecule has 5 heteroatoms. The van der Waals surface area contributed by atoms with Crippen molar-refractivity contribution in [2.24, 2.45) is 4.99 Å². The molecular formula is C18H20ClN2OP. The van der Waals surface area contributed by atoms with Crippen molar-refractivity contribution in [3.05, 3.63) is 53.1 Å². The molecule has 0 amide bonds. The Bertz CT molecular complexity index is 803. The van der Waals surface area contributed by atoms with E-state index in [1.54, 1.807) is 0 Å². The predicted molar refractivity (Wildman–Crippen MR) is 101 cm³/mol. The number of para-hydroxylation sites is 2. The van der Waals surface area contributed by atoms with E-state index in [1.165, 1.54) is 6.16 Å². The normalized spacial score (nSPS) is 20.0. The van der Waals surface area contributed by atoms with Crippen molar-refractivity contribution in [2.45, 2.75) is 0 Å². The first-order valence-corrected chi connectivity index (χ1v) is 11.7. The fourth-order valence-corrected chi connectivity index (χ4v) is 5.78. The van der Waals surface area contributed by atoms with Crippen LogP contribution in [0.15, 0.2) is 47.5 Å². The Labute approximate surface area is 142 Å². The van der Waals surface area contributed by atoms with E-state index < -0.39 is 7.26 Å². The standard InChI is InChI=1S/C18H20ClN2OP/c1-23(2)10-9-21(12-23)18-14-11-13(19)7-8-16(14)22-17-6-4-3-5-15(17)20-18/h3-8,11,23H,9-10,12H2,1-2H3. The number of hydrogen-bond donors (Lipinski definition) is 0. The number of ether oxygens (including phenoxy) is 1. The minimum atomic E-state index is -1.16. The van der Waals surface area contributed by atoms with Crippen LogP contribution in [0.25, 0.3) is 0 Å². The zero-order valence-corrected chi connectivity index (χ0v) is 15.1. The van der Waals surface area contributed by atoms with Crippen LogP contribution in [0.3, 0.4) is 0 Å². The summed E-state index contributed by atoms with van der Waals surface area (Å²) in [6, 6.07) is 13.7. The van der Waals surface area contributed by atoms with Gasteiger partial charge in [0, 0.05) is 0 Å². The summed E-state index contributed by atoms with van der Waals surface area (Å²) in [6.07, 6.45) is 2.42. The molecule has 23 heavy (non-hydrogen) atoms. The van der Waals surface area contributed by atoms with E-state index in [4.69, 9.17) is 21.3 Å². The van der Waals surface area contributed by atoms with Crippen LogP contribution < -0.4 is 4.74 Å². The number of hydrogen-bond acceptors (Lipinski definition) is 3. The molecule has 0 spiro atoms. The molecule has 2 aromatic carbocycles. The summed E-state index contributed by atoms with van der Waals surface area (Å²) in [7, 11) is -1.16. The number of aliphatic imine (C=N–C) groups is 1. The molecule has 3 nitrogen and oxygen atoms in total. The van der Waals surface area contributed by atoms with Gasteiger partial charge in [0.2, 0.25) is 0 Å². The maximum absolute atomic E-state index is 6.25. The predicted octanol–water partition coefficient (Wildman–Crippen LogP) is 4.81. The zero-order valence-electron chi connectivity index (χ0n) is 13.3. The molecule has 0 radical (unpaired) electrons. The number of benzene rings is 2. The van der Waals surface area contributed by atoms with Gasteiger partial charge in [0.1, 0.15) is 0 Å². The van der Waals surface area contributed by atoms with Gasteiger partial charge in [-0.15, -0.1) is 0 Å². The van der Waals surface area contributed by atoms with Crippen molar-refractivity contribution in [3.8, 4) is 11.5 Å². The van der Waals surface area contributed by atoms with Crippen molar-refractivity contribution >= 4 is 30.4 Å². The van der Waals surface area contributed by atoms with Gasteiger partial charge in [0.05, 0.1) is 0 Å². The van der Waals surface area contributed by atoms with Gasteiger partial charge in [0.25, 0.3) is 0 Å². The van der Waals surface area contributed by atoms with Gasteiger partial charge in [-0.05, 0) is 0 Å². The Kier molecular flexibility index (Phi) is 3.59. The van der Waals surface area contributed by atoms with E-state index in [0.717, 1.165) is 41.4 Å². The second-order valence-electron chi connectivity index (χ2n) is 6.98. The number of halogens is 1. The van der Waals surface area contributed by atoms with Crippen molar-refractivity contribution in [3.63, 3.8) is 0 Å². The van der Waals surface area contributed by atoms with Crippen molar-refractivity contribution < 1.29 is 4.74 Å². The summed E-state index contributed by atoms with van der Waals surface area (Å²) >= 11 is 6.25. The second kappa shape index (κ2) is 5.51. The van der Waals surface area contributed by atoms with Gasteiger partial charge in [-0.25, -0.2) is 0 Å². The average molecular weight is 347 g/mol. The van der Waals surface area contributed by atoms with Crippen LogP contribution in [-0.4, -0.2) is 43.1 Å². The number of nitrogens with zero attached hydrogens (tertiary/aromatic N) is 2. The van der Waals surface area contributed by atoms with Crippen LogP contribution in [-0.2, 0) is 0 Å². The van der Waals surface area contributed by atoms with Crippen molar-refractivity contribution in [1.29, 1.82) is 0 Å². The van der Waals surface area contributed by atoms with Gasteiger partial charge in [-0.1, -0.05) is 0 Å². The summed E-state index contributed by atoms with van der Waals surface area (Å²) < 4.78 is 6.11. The van der Waals surface area contributed by atoms with E-state index in [0.29, 0.717) is 5.02 Å². The Morgan fingerprint density at radius 2 is 1.96 bits per heavy atom. The molecule has 2 aliphatic rings. The average Bonchev–Trinajstić information content (AvgIpc) is 2.79. The number of fused-ring (bicyclic) bond motifs is 2. The fraction of sp³-hybridized carbons (Fsp3) is 0.278. The number of rotatable bonds is 0. The molecule has 1 fully saturated rings. The summed E-state index contributed by atoms with van der Waals surface area (Å²) in [5.41, 5.74) is 1.86. The van der Waals surface area contributed by atoms with Gasteiger partial charge < -0.3 is 0 Å². The molecule has 2 heterocycles. The minimum absolute atomic E-state index is 0.710. The third kappa shape index (κ3) is 2.84. The summed E-state index contributed by atoms with van der Waals surface area (Å²) in [5.74, 6) is 2.61. The first-order chi connectivity index (χ1) is 11.0. The molecule has 4 rings (SSSR count). The maximum atomic E-state index is 6.25. The van der Waals surface area contributed by atoms with Crippen molar-refractivity contribution in [2.75, 3.05) is 32.3 Å². The molecule has 2 aliphatic heterocycles. The summed E-state index contributed by atoms with van der Waals surface area (Å²) in [4.78, 5) is 7.36. The molecule has 1 saturated heterocycles. The van der Waals surface area contributed by atoms with Crippen LogP contribution in [0.5, 0.6) is 11.5 Å². The molecule has 0 saturated carbocycles. The summed E-state index contributed by atoms with van der Waals surface area (Å²) in [5, 5.41) is 0.710. The third-order valence-corrected chi connectivity index (χ3v) is 7.52. The van der Waals surface area contributed by atoms with Crippen molar-refractivity contribution in [1.82, 2.24) is 4.90 Å². The van der Waals surface area contributed by atoms with E-state index >= 15 is 0 Å². The van der Waals surface area contributed by atoms with E-state index in [-0.39, 0.29) is 0 Å². The van der Waals surface area contributed by atoms with Crippen LogP contribution >= 0.6 is 18.9 Å². The van der Waals surface area contributed by atoms with Crippen LogP contribution in [0, 0.1) is 0 Å². The first-order valence-electron chi connectivity index (χ1n) is 7.92. The third-order valence-electron chi connectivity index (χ3n) is 4.47. The molecule has 0 bridgehead atoms. The summed E-state index contributed by atoms with van der Waals surface area (Å²) in [6.45, 7) is 5.94. The molecule has 120 valence electrons. The van der Waals surface area contributed by atoms with E-state index in [9.17, 15) is 0 Å². The molecule has 0 unspecified atom stereocenters. The fourth-order valence-electron chi connectivity index (χ4n) is 3.23. The SMILES string of the molecule is C[PH]1(C)CCN(C2=Nc3ccccc3Oc3ccc(Cl)cc32)C1. The second-order valence-corrected chi connectivity index (χ2v) is 12.6. The van der Waals surface area contributed by atoms with E-state index in [1.807, 2.05) is 42.5 Å². The van der Waals surface area contributed by atoms with Crippen LogP contribution in [0.2, 0.25) is 5.02 Å². The van der Waals surface area contributed by atoms with Gasteiger partial charge in [-0.2, -0.15) is 0 Å². The van der Waals surface area contributed by atoms with E-state index in [2.05, 4.69) is 18.2 Å². The molecule has 0 atom stereocenters. The Morgan fingerprint density at radius 3 is 2.74 bits per heavy atom. The van der Waals surface area contributed by atoms with Gasteiger partial charge >= 0.3 is 142 Å². The Hall–Kier alpha value is -1.57. The van der Waals surface area contributed by atoms with Gasteiger partial charge in [0.15, 0.2) is 0 Å². The Morgan fingerprint density at radius 1 is 1.13 bits per heavy atom. The molecule has 2 aromatic rings. The molecule has 0 aromatic heterocycles. The Balaban J connectivity index is 1.88. The monoisotopic (exact) mass is 346 g/mol. The quantitative estimate of drug-likeness (QED) is 0.640. The topological polar surface area (TPSA) is 24.8 Å². The van der Waals surface area contributed by atoms with Gasteiger partial charge in [-0.3, -0.25) is 0 Å². The molecule has 0 N–H and O–H groups in total. The molecular weight excluding hydrogens is 327 g/mol. The van der Waals surface area contributed by atoms with Crippen LogP contribution in [0.4, 0.5) is 5.69 Å². The first kappa shape index (κ1) is 15.0.